The second-order valence-corrected chi connectivity index (χ2v) is 4.36. The Morgan fingerprint density at radius 3 is 2.89 bits per heavy atom. The van der Waals surface area contributed by atoms with Crippen molar-refractivity contribution in [2.24, 2.45) is 0 Å². The number of fused-ring (bicyclic) bond motifs is 1. The van der Waals surface area contributed by atoms with Crippen molar-refractivity contribution in [3.8, 4) is 0 Å². The maximum absolute atomic E-state index is 11.4. The van der Waals surface area contributed by atoms with Gasteiger partial charge in [-0.3, -0.25) is 0 Å². The van der Waals surface area contributed by atoms with E-state index in [1.165, 1.54) is 0 Å². The number of nitrogens with one attached hydrogen (secondary N) is 2. The third-order valence-electron chi connectivity index (χ3n) is 2.70. The van der Waals surface area contributed by atoms with Crippen LogP contribution in [0, 0.1) is 0 Å². The molecule has 4 heteroatoms. The molecule has 2 amide bonds. The lowest BCUT2D eigenvalue weighted by Gasteiger charge is -2.12. The number of amides is 2. The molecule has 0 aliphatic heterocycles. The van der Waals surface area contributed by atoms with Crippen molar-refractivity contribution in [1.82, 2.24) is 10.6 Å². The van der Waals surface area contributed by atoms with Gasteiger partial charge in [-0.1, -0.05) is 18.2 Å². The molecule has 0 unspecified atom stereocenters. The number of carbonyl (C=O) groups is 1. The zero-order valence-electron chi connectivity index (χ0n) is 10.7. The maximum atomic E-state index is 11.4. The lowest BCUT2D eigenvalue weighted by Crippen LogP contribution is -2.41. The Morgan fingerprint density at radius 2 is 2.17 bits per heavy atom. The molecule has 1 aromatic carbocycles. The highest BCUT2D eigenvalue weighted by molar-refractivity contribution is 5.77. The predicted molar refractivity (Wildman–Crippen MR) is 71.6 cm³/mol. The van der Waals surface area contributed by atoms with Crippen LogP contribution in [0.4, 0.5) is 4.79 Å². The molecule has 0 saturated heterocycles. The lowest BCUT2D eigenvalue weighted by atomic mass is 10.2. The maximum Gasteiger partial charge on any atom is 0.314 e. The van der Waals surface area contributed by atoms with Crippen molar-refractivity contribution in [2.45, 2.75) is 26.3 Å². The average Bonchev–Trinajstić information content (AvgIpc) is 2.70. The minimum Gasteiger partial charge on any atom is -0.461 e. The number of hydrogen-bond acceptors (Lipinski definition) is 2. The number of furan rings is 1. The van der Waals surface area contributed by atoms with Gasteiger partial charge in [-0.05, 0) is 26.0 Å². The molecule has 1 heterocycles. The fourth-order valence-corrected chi connectivity index (χ4v) is 1.93. The van der Waals surface area contributed by atoms with E-state index in [0.717, 1.165) is 16.7 Å². The van der Waals surface area contributed by atoms with Gasteiger partial charge in [-0.25, -0.2) is 4.79 Å². The van der Waals surface area contributed by atoms with Crippen LogP contribution in [0.2, 0.25) is 0 Å². The summed E-state index contributed by atoms with van der Waals surface area (Å²) in [6.07, 6.45) is 0.686. The Hall–Kier alpha value is -1.97. The fourth-order valence-electron chi connectivity index (χ4n) is 1.93. The van der Waals surface area contributed by atoms with E-state index in [1.807, 2.05) is 44.2 Å². The minimum atomic E-state index is -0.138. The van der Waals surface area contributed by atoms with E-state index < -0.39 is 0 Å². The van der Waals surface area contributed by atoms with Gasteiger partial charge in [0, 0.05) is 24.4 Å². The number of benzene rings is 1. The summed E-state index contributed by atoms with van der Waals surface area (Å²) in [5.74, 6) is 0.889. The normalized spacial score (nSPS) is 12.3. The standard InChI is InChI=1S/C14H18N2O2/c1-3-15-14(17)16-10(2)8-12-9-11-6-4-5-7-13(11)18-12/h4-7,9-10H,3,8H2,1-2H3,(H2,15,16,17)/t10-/m1/s1. The quantitative estimate of drug-likeness (QED) is 0.871. The third-order valence-corrected chi connectivity index (χ3v) is 2.70. The number of para-hydroxylation sites is 1. The second-order valence-electron chi connectivity index (χ2n) is 4.36. The fraction of sp³-hybridized carbons (Fsp3) is 0.357. The van der Waals surface area contributed by atoms with Gasteiger partial charge in [0.05, 0.1) is 0 Å². The SMILES string of the molecule is CCNC(=O)N[C@H](C)Cc1cc2ccccc2o1. The van der Waals surface area contributed by atoms with Gasteiger partial charge in [0.25, 0.3) is 0 Å². The molecule has 0 saturated carbocycles. The van der Waals surface area contributed by atoms with Crippen LogP contribution in [0.15, 0.2) is 34.7 Å². The van der Waals surface area contributed by atoms with Crippen LogP contribution in [0.3, 0.4) is 0 Å². The van der Waals surface area contributed by atoms with Crippen molar-refractivity contribution in [1.29, 1.82) is 0 Å². The molecular formula is C14H18N2O2. The van der Waals surface area contributed by atoms with Crippen LogP contribution < -0.4 is 10.6 Å². The molecule has 18 heavy (non-hydrogen) atoms. The molecule has 0 radical (unpaired) electrons. The van der Waals surface area contributed by atoms with Crippen LogP contribution in [-0.4, -0.2) is 18.6 Å². The van der Waals surface area contributed by atoms with Gasteiger partial charge in [-0.2, -0.15) is 0 Å². The van der Waals surface area contributed by atoms with E-state index in [2.05, 4.69) is 10.6 Å². The van der Waals surface area contributed by atoms with Crippen molar-refractivity contribution in [3.63, 3.8) is 0 Å². The van der Waals surface area contributed by atoms with Crippen molar-refractivity contribution < 1.29 is 9.21 Å². The molecule has 96 valence electrons. The first kappa shape index (κ1) is 12.5. The Morgan fingerprint density at radius 1 is 1.39 bits per heavy atom. The van der Waals surface area contributed by atoms with E-state index in [-0.39, 0.29) is 12.1 Å². The van der Waals surface area contributed by atoms with E-state index >= 15 is 0 Å². The summed E-state index contributed by atoms with van der Waals surface area (Å²) < 4.78 is 5.71. The van der Waals surface area contributed by atoms with Gasteiger partial charge in [0.2, 0.25) is 0 Å². The summed E-state index contributed by atoms with van der Waals surface area (Å²) in [4.78, 5) is 11.4. The molecule has 4 nitrogen and oxygen atoms in total. The summed E-state index contributed by atoms with van der Waals surface area (Å²) >= 11 is 0. The highest BCUT2D eigenvalue weighted by atomic mass is 16.3. The topological polar surface area (TPSA) is 54.3 Å². The first-order valence-electron chi connectivity index (χ1n) is 6.21. The van der Waals surface area contributed by atoms with Crippen LogP contribution in [0.5, 0.6) is 0 Å². The Bertz CT molecular complexity index is 500. The van der Waals surface area contributed by atoms with Crippen molar-refractivity contribution >= 4 is 17.0 Å². The van der Waals surface area contributed by atoms with E-state index in [1.54, 1.807) is 0 Å². The number of hydrogen-bond donors (Lipinski definition) is 2. The molecule has 0 aliphatic carbocycles. The Kier molecular flexibility index (Phi) is 3.87. The van der Waals surface area contributed by atoms with Crippen LogP contribution in [0.1, 0.15) is 19.6 Å². The largest absolute Gasteiger partial charge is 0.461 e. The summed E-state index contributed by atoms with van der Waals surface area (Å²) in [6, 6.07) is 9.82. The predicted octanol–water partition coefficient (Wildman–Crippen LogP) is 2.68. The van der Waals surface area contributed by atoms with Crippen molar-refractivity contribution in [2.75, 3.05) is 6.54 Å². The zero-order chi connectivity index (χ0) is 13.0. The molecule has 1 aromatic heterocycles. The Balaban J connectivity index is 1.98. The first-order chi connectivity index (χ1) is 8.69. The highest BCUT2D eigenvalue weighted by Gasteiger charge is 2.10. The second kappa shape index (κ2) is 5.58. The van der Waals surface area contributed by atoms with Gasteiger partial charge in [0.15, 0.2) is 0 Å². The van der Waals surface area contributed by atoms with Crippen LogP contribution >= 0.6 is 0 Å². The number of rotatable bonds is 4. The molecule has 0 spiro atoms. The molecule has 2 N–H and O–H groups in total. The molecule has 1 atom stereocenters. The lowest BCUT2D eigenvalue weighted by molar-refractivity contribution is 0.238. The minimum absolute atomic E-state index is 0.0390. The highest BCUT2D eigenvalue weighted by Crippen LogP contribution is 2.19. The summed E-state index contributed by atoms with van der Waals surface area (Å²) in [5.41, 5.74) is 0.887. The van der Waals surface area contributed by atoms with Crippen LogP contribution in [0.25, 0.3) is 11.0 Å². The smallest absolute Gasteiger partial charge is 0.314 e. The summed E-state index contributed by atoms with van der Waals surface area (Å²) in [6.45, 7) is 4.48. The molecule has 0 bridgehead atoms. The summed E-state index contributed by atoms with van der Waals surface area (Å²) in [7, 11) is 0. The van der Waals surface area contributed by atoms with E-state index in [9.17, 15) is 4.79 Å². The molecule has 0 aliphatic rings. The van der Waals surface area contributed by atoms with E-state index in [4.69, 9.17) is 4.42 Å². The van der Waals surface area contributed by atoms with Gasteiger partial charge < -0.3 is 15.1 Å². The Labute approximate surface area is 106 Å². The van der Waals surface area contributed by atoms with Gasteiger partial charge in [0.1, 0.15) is 11.3 Å². The van der Waals surface area contributed by atoms with Gasteiger partial charge >= 0.3 is 6.03 Å². The zero-order valence-corrected chi connectivity index (χ0v) is 10.7. The van der Waals surface area contributed by atoms with Crippen LogP contribution in [-0.2, 0) is 6.42 Å². The monoisotopic (exact) mass is 246 g/mol. The summed E-state index contributed by atoms with van der Waals surface area (Å²) in [5, 5.41) is 6.67. The average molecular weight is 246 g/mol. The molecule has 2 aromatic rings. The third kappa shape index (κ3) is 3.03. The molecule has 2 rings (SSSR count). The molecular weight excluding hydrogens is 228 g/mol. The number of urea groups is 1. The van der Waals surface area contributed by atoms with E-state index in [0.29, 0.717) is 13.0 Å². The number of carbonyl (C=O) groups excluding carboxylic acids is 1. The first-order valence-corrected chi connectivity index (χ1v) is 6.21. The molecule has 0 fully saturated rings. The van der Waals surface area contributed by atoms with Crippen molar-refractivity contribution in [3.05, 3.63) is 36.1 Å². The van der Waals surface area contributed by atoms with Gasteiger partial charge in [-0.15, -0.1) is 0 Å².